The zero-order chi connectivity index (χ0) is 20.5. The molecule has 3 rings (SSSR count). The van der Waals surface area contributed by atoms with E-state index in [0.717, 1.165) is 17.1 Å². The fraction of sp³-hybridized carbons (Fsp3) is 0.500. The molecule has 0 bridgehead atoms. The molecule has 1 aromatic carbocycles. The molecule has 0 radical (unpaired) electrons. The molecule has 1 heterocycles. The quantitative estimate of drug-likeness (QED) is 0.695. The maximum Gasteiger partial charge on any atom is 0.249 e. The average molecular weight is 427 g/mol. The number of carbonyl (C=O) groups excluding carboxylic acids is 1. The Labute approximate surface area is 169 Å². The van der Waals surface area contributed by atoms with Crippen molar-refractivity contribution in [3.8, 4) is 0 Å². The van der Waals surface area contributed by atoms with E-state index in [1.165, 1.54) is 31.3 Å². The molecule has 152 valence electrons. The van der Waals surface area contributed by atoms with E-state index in [1.807, 2.05) is 13.8 Å². The molecule has 0 saturated heterocycles. The fourth-order valence-electron chi connectivity index (χ4n) is 2.69. The Bertz CT molecular complexity index is 939. The summed E-state index contributed by atoms with van der Waals surface area (Å²) < 4.78 is 31.5. The minimum Gasteiger partial charge on any atom is -0.343 e. The van der Waals surface area contributed by atoms with Crippen LogP contribution in [0.25, 0.3) is 0 Å². The highest BCUT2D eigenvalue weighted by Gasteiger charge is 2.32. The summed E-state index contributed by atoms with van der Waals surface area (Å²) in [5, 5.41) is 7.22. The summed E-state index contributed by atoms with van der Waals surface area (Å²) in [4.78, 5) is 17.0. The molecule has 1 saturated carbocycles. The van der Waals surface area contributed by atoms with Crippen molar-refractivity contribution in [2.45, 2.75) is 43.5 Å². The van der Waals surface area contributed by atoms with Crippen LogP contribution in [0.5, 0.6) is 0 Å². The van der Waals surface area contributed by atoms with Gasteiger partial charge >= 0.3 is 0 Å². The maximum atomic E-state index is 12.6. The van der Waals surface area contributed by atoms with Crippen LogP contribution in [0.3, 0.4) is 0 Å². The first-order valence-electron chi connectivity index (χ1n) is 9.03. The Kier molecular flexibility index (Phi) is 6.07. The van der Waals surface area contributed by atoms with Gasteiger partial charge in [-0.2, -0.15) is 9.29 Å². The van der Waals surface area contributed by atoms with Crippen molar-refractivity contribution in [2.24, 2.45) is 5.92 Å². The van der Waals surface area contributed by atoms with Crippen molar-refractivity contribution in [3.05, 3.63) is 41.0 Å². The predicted molar refractivity (Wildman–Crippen MR) is 103 cm³/mol. The van der Waals surface area contributed by atoms with Crippen molar-refractivity contribution in [3.63, 3.8) is 0 Å². The molecule has 1 amide bonds. The van der Waals surface area contributed by atoms with Gasteiger partial charge in [-0.3, -0.25) is 4.79 Å². The maximum absolute atomic E-state index is 12.6. The topological polar surface area (TPSA) is 105 Å². The van der Waals surface area contributed by atoms with Crippen LogP contribution in [0.15, 0.2) is 33.7 Å². The molecule has 1 unspecified atom stereocenters. The molecule has 0 spiro atoms. The predicted octanol–water partition coefficient (Wildman–Crippen LogP) is 2.73. The molecule has 1 aromatic heterocycles. The number of rotatable bonds is 8. The van der Waals surface area contributed by atoms with Crippen LogP contribution in [0, 0.1) is 5.92 Å². The first-order valence-corrected chi connectivity index (χ1v) is 10.8. The van der Waals surface area contributed by atoms with Crippen LogP contribution in [-0.4, -0.2) is 42.4 Å². The van der Waals surface area contributed by atoms with Gasteiger partial charge in [0.2, 0.25) is 21.8 Å². The number of carbonyl (C=O) groups is 1. The number of amides is 1. The number of sulfonamides is 1. The number of likely N-dealkylation sites (N-methyl/N-ethyl adjacent to an activating group) is 1. The molecule has 8 nitrogen and oxygen atoms in total. The number of benzene rings is 1. The first-order chi connectivity index (χ1) is 13.2. The van der Waals surface area contributed by atoms with Crippen LogP contribution in [0.4, 0.5) is 0 Å². The lowest BCUT2D eigenvalue weighted by atomic mass is 10.0. The fourth-order valence-corrected chi connectivity index (χ4v) is 3.94. The standard InChI is InChI=1S/C18H23ClN4O4S/c1-11(2)16(18-21-17(22-27-18)12-4-5-12)20-15(24)10-23(3)28(25,26)14-8-6-13(19)7-9-14/h6-9,11-12,16H,4-5,10H2,1-3H3,(H,20,24). The van der Waals surface area contributed by atoms with Gasteiger partial charge in [0.05, 0.1) is 11.4 Å². The van der Waals surface area contributed by atoms with Gasteiger partial charge < -0.3 is 9.84 Å². The lowest BCUT2D eigenvalue weighted by Gasteiger charge is -2.21. The number of halogens is 1. The smallest absolute Gasteiger partial charge is 0.249 e. The van der Waals surface area contributed by atoms with Gasteiger partial charge in [0, 0.05) is 18.0 Å². The second-order valence-electron chi connectivity index (χ2n) is 7.27. The van der Waals surface area contributed by atoms with Crippen molar-refractivity contribution in [1.82, 2.24) is 19.8 Å². The number of nitrogens with one attached hydrogen (secondary N) is 1. The van der Waals surface area contributed by atoms with E-state index in [9.17, 15) is 13.2 Å². The van der Waals surface area contributed by atoms with E-state index in [0.29, 0.717) is 22.7 Å². The van der Waals surface area contributed by atoms with Gasteiger partial charge in [-0.05, 0) is 43.0 Å². The van der Waals surface area contributed by atoms with Gasteiger partial charge in [-0.25, -0.2) is 8.42 Å². The Morgan fingerprint density at radius 2 is 1.96 bits per heavy atom. The molecule has 1 fully saturated rings. The van der Waals surface area contributed by atoms with E-state index in [1.54, 1.807) is 0 Å². The van der Waals surface area contributed by atoms with E-state index in [4.69, 9.17) is 16.1 Å². The van der Waals surface area contributed by atoms with Gasteiger partial charge in [-0.15, -0.1) is 0 Å². The molecular weight excluding hydrogens is 404 g/mol. The van der Waals surface area contributed by atoms with Crippen LogP contribution in [0.2, 0.25) is 5.02 Å². The third kappa shape index (κ3) is 4.71. The number of aromatic nitrogens is 2. The highest BCUT2D eigenvalue weighted by atomic mass is 35.5. The third-order valence-electron chi connectivity index (χ3n) is 4.54. The molecule has 2 aromatic rings. The molecule has 1 atom stereocenters. The molecular formula is C18H23ClN4O4S. The highest BCUT2D eigenvalue weighted by molar-refractivity contribution is 7.89. The van der Waals surface area contributed by atoms with Crippen molar-refractivity contribution in [2.75, 3.05) is 13.6 Å². The Morgan fingerprint density at radius 3 is 2.54 bits per heavy atom. The minimum atomic E-state index is -3.81. The number of hydrogen-bond donors (Lipinski definition) is 1. The monoisotopic (exact) mass is 426 g/mol. The van der Waals surface area contributed by atoms with E-state index >= 15 is 0 Å². The summed E-state index contributed by atoms with van der Waals surface area (Å²) in [5.41, 5.74) is 0. The first kappa shape index (κ1) is 20.8. The summed E-state index contributed by atoms with van der Waals surface area (Å²) >= 11 is 5.80. The Morgan fingerprint density at radius 1 is 1.32 bits per heavy atom. The lowest BCUT2D eigenvalue weighted by Crippen LogP contribution is -2.41. The second kappa shape index (κ2) is 8.18. The van der Waals surface area contributed by atoms with Gasteiger partial charge in [0.25, 0.3) is 0 Å². The van der Waals surface area contributed by atoms with Crippen LogP contribution in [-0.2, 0) is 14.8 Å². The van der Waals surface area contributed by atoms with Crippen molar-refractivity contribution in [1.29, 1.82) is 0 Å². The molecule has 10 heteroatoms. The van der Waals surface area contributed by atoms with Gasteiger partial charge in [0.15, 0.2) is 5.82 Å². The van der Waals surface area contributed by atoms with Crippen molar-refractivity contribution >= 4 is 27.5 Å². The van der Waals surface area contributed by atoms with Crippen LogP contribution < -0.4 is 5.32 Å². The molecule has 28 heavy (non-hydrogen) atoms. The summed E-state index contributed by atoms with van der Waals surface area (Å²) in [6.45, 7) is 3.50. The molecule has 1 N–H and O–H groups in total. The lowest BCUT2D eigenvalue weighted by molar-refractivity contribution is -0.122. The van der Waals surface area contributed by atoms with E-state index < -0.39 is 22.0 Å². The Hall–Kier alpha value is -1.97. The van der Waals surface area contributed by atoms with E-state index in [2.05, 4.69) is 15.5 Å². The zero-order valence-corrected chi connectivity index (χ0v) is 17.5. The Balaban J connectivity index is 1.67. The molecule has 1 aliphatic rings. The normalized spacial score (nSPS) is 15.8. The van der Waals surface area contributed by atoms with E-state index in [-0.39, 0.29) is 17.4 Å². The summed E-state index contributed by atoms with van der Waals surface area (Å²) in [6, 6.07) is 5.30. The van der Waals surface area contributed by atoms with Gasteiger partial charge in [0.1, 0.15) is 6.04 Å². The van der Waals surface area contributed by atoms with Crippen LogP contribution >= 0.6 is 11.6 Å². The summed E-state index contributed by atoms with van der Waals surface area (Å²) in [5.74, 6) is 0.891. The average Bonchev–Trinajstić information content (AvgIpc) is 3.37. The second-order valence-corrected chi connectivity index (χ2v) is 9.75. The molecule has 0 aliphatic heterocycles. The number of nitrogens with zero attached hydrogens (tertiary/aromatic N) is 3. The van der Waals surface area contributed by atoms with Gasteiger partial charge in [-0.1, -0.05) is 30.6 Å². The molecule has 1 aliphatic carbocycles. The SMILES string of the molecule is CC(C)C(NC(=O)CN(C)S(=O)(=O)c1ccc(Cl)cc1)c1nc(C2CC2)no1. The highest BCUT2D eigenvalue weighted by Crippen LogP contribution is 2.38. The van der Waals surface area contributed by atoms with Crippen LogP contribution in [0.1, 0.15) is 50.4 Å². The zero-order valence-electron chi connectivity index (χ0n) is 15.9. The van der Waals surface area contributed by atoms with Crippen molar-refractivity contribution < 1.29 is 17.7 Å². The number of hydrogen-bond acceptors (Lipinski definition) is 6. The third-order valence-corrected chi connectivity index (χ3v) is 6.61. The minimum absolute atomic E-state index is 0.00497. The summed E-state index contributed by atoms with van der Waals surface area (Å²) in [6.07, 6.45) is 2.09. The largest absolute Gasteiger partial charge is 0.343 e. The summed E-state index contributed by atoms with van der Waals surface area (Å²) in [7, 11) is -2.45.